The first kappa shape index (κ1) is 17.3. The lowest BCUT2D eigenvalue weighted by Gasteiger charge is -2.27. The highest BCUT2D eigenvalue weighted by atomic mass is 32.1. The van der Waals surface area contributed by atoms with Crippen molar-refractivity contribution in [1.29, 1.82) is 0 Å². The van der Waals surface area contributed by atoms with Crippen molar-refractivity contribution in [2.45, 2.75) is 38.5 Å². The Morgan fingerprint density at radius 2 is 2.17 bits per heavy atom. The zero-order chi connectivity index (χ0) is 17.1. The smallest absolute Gasteiger partial charge is 0.326 e. The van der Waals surface area contributed by atoms with E-state index in [0.29, 0.717) is 6.42 Å². The molecule has 0 saturated heterocycles. The first-order valence-electron chi connectivity index (χ1n) is 6.80. The molecule has 0 fully saturated rings. The molecule has 2 aromatic rings. The van der Waals surface area contributed by atoms with Crippen LogP contribution in [0.15, 0.2) is 24.0 Å². The van der Waals surface area contributed by atoms with Gasteiger partial charge in [0.1, 0.15) is 11.6 Å². The van der Waals surface area contributed by atoms with Crippen LogP contribution < -0.4 is 10.6 Å². The summed E-state index contributed by atoms with van der Waals surface area (Å²) in [6.45, 7) is 2.53. The fourth-order valence-electron chi connectivity index (χ4n) is 1.90. The van der Waals surface area contributed by atoms with Gasteiger partial charge >= 0.3 is 12.2 Å². The average Bonchev–Trinajstić information content (AvgIpc) is 3.08. The molecule has 10 heteroatoms. The molecule has 0 aliphatic carbocycles. The van der Waals surface area contributed by atoms with E-state index in [9.17, 15) is 18.0 Å². The minimum atomic E-state index is -4.36. The molecule has 0 saturated carbocycles. The van der Waals surface area contributed by atoms with Crippen LogP contribution in [0, 0.1) is 0 Å². The zero-order valence-corrected chi connectivity index (χ0v) is 13.3. The summed E-state index contributed by atoms with van der Waals surface area (Å²) in [6.07, 6.45) is 0.185. The van der Waals surface area contributed by atoms with Gasteiger partial charge in [-0.3, -0.25) is 4.68 Å². The van der Waals surface area contributed by atoms with Crippen LogP contribution in [0.2, 0.25) is 0 Å². The Labute approximate surface area is 134 Å². The van der Waals surface area contributed by atoms with Crippen molar-refractivity contribution in [3.05, 3.63) is 29.0 Å². The summed E-state index contributed by atoms with van der Waals surface area (Å²) in [5.74, 6) is 0. The number of urea groups is 1. The molecule has 0 spiro atoms. The average molecular weight is 347 g/mol. The third-order valence-corrected chi connectivity index (χ3v) is 4.27. The van der Waals surface area contributed by atoms with E-state index in [1.807, 2.05) is 19.2 Å². The third kappa shape index (κ3) is 4.68. The molecule has 126 valence electrons. The van der Waals surface area contributed by atoms with E-state index in [1.165, 1.54) is 11.3 Å². The lowest BCUT2D eigenvalue weighted by molar-refractivity contribution is -0.142. The molecule has 23 heavy (non-hydrogen) atoms. The molecule has 0 aliphatic heterocycles. The number of hydrogen-bond donors (Lipinski definition) is 2. The second-order valence-corrected chi connectivity index (χ2v) is 6.04. The van der Waals surface area contributed by atoms with E-state index >= 15 is 0 Å². The Kier molecular flexibility index (Phi) is 4.93. The van der Waals surface area contributed by atoms with Crippen molar-refractivity contribution in [2.24, 2.45) is 0 Å². The molecule has 0 aliphatic rings. The Balaban J connectivity index is 1.99. The van der Waals surface area contributed by atoms with Crippen LogP contribution in [0.5, 0.6) is 0 Å². The van der Waals surface area contributed by atoms with E-state index in [2.05, 4.69) is 20.7 Å². The predicted octanol–water partition coefficient (Wildman–Crippen LogP) is 3.35. The standard InChI is InChI=1S/C13H16F3N5OS/c1-3-12(2,10-17-4-5-23-10)20-11(22)19-9-6-18-21(7-9)8-13(14,15)16/h4-7H,3,8H2,1-2H3,(H2,19,20,22). The summed E-state index contributed by atoms with van der Waals surface area (Å²) < 4.78 is 37.5. The maximum atomic E-state index is 12.3. The van der Waals surface area contributed by atoms with Crippen LogP contribution in [0.1, 0.15) is 25.3 Å². The Bertz CT molecular complexity index is 655. The van der Waals surface area contributed by atoms with Gasteiger partial charge in [0, 0.05) is 17.8 Å². The van der Waals surface area contributed by atoms with E-state index in [-0.39, 0.29) is 5.69 Å². The number of carbonyl (C=O) groups excluding carboxylic acids is 1. The van der Waals surface area contributed by atoms with Gasteiger partial charge in [0.05, 0.1) is 17.4 Å². The van der Waals surface area contributed by atoms with Gasteiger partial charge in [0.15, 0.2) is 0 Å². The molecular formula is C13H16F3N5OS. The van der Waals surface area contributed by atoms with Crippen molar-refractivity contribution in [2.75, 3.05) is 5.32 Å². The van der Waals surface area contributed by atoms with Gasteiger partial charge in [0.25, 0.3) is 0 Å². The van der Waals surface area contributed by atoms with E-state index in [1.54, 1.807) is 6.20 Å². The van der Waals surface area contributed by atoms with Crippen molar-refractivity contribution in [3.63, 3.8) is 0 Å². The molecule has 0 aromatic carbocycles. The molecular weight excluding hydrogens is 331 g/mol. The SMILES string of the molecule is CCC(C)(NC(=O)Nc1cnn(CC(F)(F)F)c1)c1nccs1. The molecule has 6 nitrogen and oxygen atoms in total. The number of alkyl halides is 3. The monoisotopic (exact) mass is 347 g/mol. The lowest BCUT2D eigenvalue weighted by Crippen LogP contribution is -2.45. The molecule has 1 atom stereocenters. The number of halogens is 3. The Morgan fingerprint density at radius 3 is 2.74 bits per heavy atom. The first-order chi connectivity index (χ1) is 10.7. The number of rotatable bonds is 5. The number of amides is 2. The summed E-state index contributed by atoms with van der Waals surface area (Å²) in [5.41, 5.74) is -0.468. The summed E-state index contributed by atoms with van der Waals surface area (Å²) in [4.78, 5) is 16.3. The van der Waals surface area contributed by atoms with Crippen molar-refractivity contribution >= 4 is 23.1 Å². The number of aromatic nitrogens is 3. The zero-order valence-electron chi connectivity index (χ0n) is 12.5. The van der Waals surface area contributed by atoms with E-state index in [4.69, 9.17) is 0 Å². The molecule has 2 rings (SSSR count). The third-order valence-electron chi connectivity index (χ3n) is 3.23. The highest BCUT2D eigenvalue weighted by molar-refractivity contribution is 7.09. The van der Waals surface area contributed by atoms with Crippen molar-refractivity contribution in [1.82, 2.24) is 20.1 Å². The first-order valence-corrected chi connectivity index (χ1v) is 7.68. The van der Waals surface area contributed by atoms with Gasteiger partial charge in [-0.2, -0.15) is 18.3 Å². The maximum Gasteiger partial charge on any atom is 0.408 e. The number of nitrogens with zero attached hydrogens (tertiary/aromatic N) is 3. The number of anilines is 1. The fraction of sp³-hybridized carbons (Fsp3) is 0.462. The molecule has 2 aromatic heterocycles. The van der Waals surface area contributed by atoms with Crippen LogP contribution in [0.25, 0.3) is 0 Å². The molecule has 2 heterocycles. The van der Waals surface area contributed by atoms with Gasteiger partial charge in [-0.1, -0.05) is 6.92 Å². The molecule has 2 amide bonds. The number of nitrogens with one attached hydrogen (secondary N) is 2. The summed E-state index contributed by atoms with van der Waals surface area (Å²) in [5, 5.41) is 11.4. The van der Waals surface area contributed by atoms with Crippen molar-refractivity contribution in [3.8, 4) is 0 Å². The van der Waals surface area contributed by atoms with Crippen LogP contribution in [0.3, 0.4) is 0 Å². The maximum absolute atomic E-state index is 12.3. The van der Waals surface area contributed by atoms with Crippen LogP contribution in [0.4, 0.5) is 23.7 Å². The van der Waals surface area contributed by atoms with Gasteiger partial charge in [-0.25, -0.2) is 9.78 Å². The van der Waals surface area contributed by atoms with Gasteiger partial charge < -0.3 is 10.6 Å². The Hall–Kier alpha value is -2.10. The molecule has 2 N–H and O–H groups in total. The summed E-state index contributed by atoms with van der Waals surface area (Å²) >= 11 is 1.42. The number of hydrogen-bond acceptors (Lipinski definition) is 4. The summed E-state index contributed by atoms with van der Waals surface area (Å²) in [7, 11) is 0. The minimum absolute atomic E-state index is 0.185. The quantitative estimate of drug-likeness (QED) is 0.871. The highest BCUT2D eigenvalue weighted by Gasteiger charge is 2.30. The van der Waals surface area contributed by atoms with Crippen LogP contribution >= 0.6 is 11.3 Å². The number of thiazole rings is 1. The highest BCUT2D eigenvalue weighted by Crippen LogP contribution is 2.26. The van der Waals surface area contributed by atoms with Crippen LogP contribution in [-0.4, -0.2) is 27.0 Å². The van der Waals surface area contributed by atoms with E-state index < -0.39 is 24.3 Å². The Morgan fingerprint density at radius 1 is 1.43 bits per heavy atom. The number of carbonyl (C=O) groups is 1. The second-order valence-electron chi connectivity index (χ2n) is 5.14. The topological polar surface area (TPSA) is 71.8 Å². The molecule has 0 radical (unpaired) electrons. The van der Waals surface area contributed by atoms with Gasteiger partial charge in [-0.05, 0) is 13.3 Å². The summed E-state index contributed by atoms with van der Waals surface area (Å²) in [6, 6.07) is -0.531. The molecule has 0 bridgehead atoms. The fourth-order valence-corrected chi connectivity index (χ4v) is 2.73. The normalized spacial score (nSPS) is 14.3. The van der Waals surface area contributed by atoms with Gasteiger partial charge in [0.2, 0.25) is 0 Å². The largest absolute Gasteiger partial charge is 0.408 e. The molecule has 1 unspecified atom stereocenters. The van der Waals surface area contributed by atoms with Crippen molar-refractivity contribution < 1.29 is 18.0 Å². The van der Waals surface area contributed by atoms with E-state index in [0.717, 1.165) is 22.1 Å². The van der Waals surface area contributed by atoms with Crippen LogP contribution in [-0.2, 0) is 12.1 Å². The lowest BCUT2D eigenvalue weighted by atomic mass is 10.0. The second kappa shape index (κ2) is 6.57. The minimum Gasteiger partial charge on any atom is -0.326 e. The van der Waals surface area contributed by atoms with Gasteiger partial charge in [-0.15, -0.1) is 11.3 Å². The predicted molar refractivity (Wildman–Crippen MR) is 80.2 cm³/mol.